The molecule has 1 aliphatic carbocycles. The molecule has 1 aromatic heterocycles. The smallest absolute Gasteiger partial charge is 0.240 e. The Labute approximate surface area is 125 Å². The zero-order valence-electron chi connectivity index (χ0n) is 12.3. The third-order valence-electron chi connectivity index (χ3n) is 4.71. The van der Waals surface area contributed by atoms with Crippen LogP contribution in [0, 0.1) is 5.92 Å². The number of hydrogen-bond acceptors (Lipinski definition) is 4. The van der Waals surface area contributed by atoms with Crippen molar-refractivity contribution in [3.63, 3.8) is 0 Å². The first kappa shape index (κ1) is 14.5. The van der Waals surface area contributed by atoms with Crippen molar-refractivity contribution in [1.29, 1.82) is 0 Å². The molecule has 21 heavy (non-hydrogen) atoms. The lowest BCUT2D eigenvalue weighted by molar-refractivity contribution is -0.127. The van der Waals surface area contributed by atoms with Crippen molar-refractivity contribution in [2.45, 2.75) is 43.7 Å². The Morgan fingerprint density at radius 1 is 1.33 bits per heavy atom. The van der Waals surface area contributed by atoms with Gasteiger partial charge in [0.2, 0.25) is 5.91 Å². The molecular formula is C16H23N3O2. The van der Waals surface area contributed by atoms with Crippen LogP contribution in [0.2, 0.25) is 0 Å². The van der Waals surface area contributed by atoms with Gasteiger partial charge in [-0.15, -0.1) is 0 Å². The second-order valence-electron chi connectivity index (χ2n) is 6.30. The third-order valence-corrected chi connectivity index (χ3v) is 4.71. The van der Waals surface area contributed by atoms with Crippen molar-refractivity contribution in [2.24, 2.45) is 11.7 Å². The second kappa shape index (κ2) is 6.12. The van der Waals surface area contributed by atoms with E-state index in [4.69, 9.17) is 10.5 Å². The highest BCUT2D eigenvalue weighted by molar-refractivity contribution is 5.86. The number of nitrogens with two attached hydrogens (primary N) is 1. The van der Waals surface area contributed by atoms with Gasteiger partial charge in [-0.05, 0) is 37.0 Å². The third kappa shape index (κ3) is 3.24. The first-order valence-corrected chi connectivity index (χ1v) is 7.74. The van der Waals surface area contributed by atoms with E-state index in [1.807, 2.05) is 12.1 Å². The van der Waals surface area contributed by atoms with Gasteiger partial charge >= 0.3 is 0 Å². The van der Waals surface area contributed by atoms with E-state index in [-0.39, 0.29) is 11.9 Å². The van der Waals surface area contributed by atoms with Gasteiger partial charge in [0.1, 0.15) is 0 Å². The Balaban J connectivity index is 1.60. The van der Waals surface area contributed by atoms with Crippen LogP contribution in [0.4, 0.5) is 0 Å². The highest BCUT2D eigenvalue weighted by Gasteiger charge is 2.39. The van der Waals surface area contributed by atoms with Crippen LogP contribution in [0.15, 0.2) is 24.5 Å². The average molecular weight is 289 g/mol. The summed E-state index contributed by atoms with van der Waals surface area (Å²) < 4.78 is 5.57. The van der Waals surface area contributed by atoms with Gasteiger partial charge in [-0.25, -0.2) is 0 Å². The Hall–Kier alpha value is -1.46. The number of pyridine rings is 1. The van der Waals surface area contributed by atoms with E-state index >= 15 is 0 Å². The zero-order valence-corrected chi connectivity index (χ0v) is 12.3. The number of ether oxygens (including phenoxy) is 1. The van der Waals surface area contributed by atoms with E-state index in [0.29, 0.717) is 19.1 Å². The van der Waals surface area contributed by atoms with E-state index in [2.05, 4.69) is 10.3 Å². The molecule has 2 atom stereocenters. The minimum atomic E-state index is -0.663. The van der Waals surface area contributed by atoms with E-state index in [0.717, 1.165) is 32.1 Å². The van der Waals surface area contributed by atoms with Crippen molar-refractivity contribution in [3.05, 3.63) is 30.1 Å². The van der Waals surface area contributed by atoms with Crippen LogP contribution in [0.1, 0.15) is 31.2 Å². The molecule has 0 radical (unpaired) electrons. The Morgan fingerprint density at radius 3 is 2.76 bits per heavy atom. The number of nitrogens with one attached hydrogen (secondary N) is 1. The fourth-order valence-electron chi connectivity index (χ4n) is 3.33. The lowest BCUT2D eigenvalue weighted by Crippen LogP contribution is -2.55. The first-order valence-electron chi connectivity index (χ1n) is 7.74. The number of hydrogen-bond donors (Lipinski definition) is 2. The van der Waals surface area contributed by atoms with Gasteiger partial charge in [-0.1, -0.05) is 12.8 Å². The van der Waals surface area contributed by atoms with Crippen molar-refractivity contribution in [2.75, 3.05) is 13.2 Å². The van der Waals surface area contributed by atoms with Crippen LogP contribution < -0.4 is 11.1 Å². The standard InChI is InChI=1S/C16H23N3O2/c17-16(5-1-2-6-16)15(20)19-14-11-21-10-13(14)9-12-3-7-18-8-4-12/h3-4,7-8,13-14H,1-2,5-6,9-11,17H2,(H,19,20)/t13-,14+/m1/s1. The summed E-state index contributed by atoms with van der Waals surface area (Å²) in [5.74, 6) is 0.302. The lowest BCUT2D eigenvalue weighted by Gasteiger charge is -2.27. The fraction of sp³-hybridized carbons (Fsp3) is 0.625. The molecule has 1 amide bonds. The molecule has 1 aliphatic heterocycles. The maximum Gasteiger partial charge on any atom is 0.240 e. The highest BCUT2D eigenvalue weighted by Crippen LogP contribution is 2.28. The summed E-state index contributed by atoms with van der Waals surface area (Å²) in [6, 6.07) is 4.09. The Bertz CT molecular complexity index is 486. The summed E-state index contributed by atoms with van der Waals surface area (Å²) in [4.78, 5) is 16.5. The molecule has 1 saturated carbocycles. The molecule has 5 nitrogen and oxygen atoms in total. The van der Waals surface area contributed by atoms with E-state index < -0.39 is 5.54 Å². The minimum absolute atomic E-state index is 0.00442. The monoisotopic (exact) mass is 289 g/mol. The van der Waals surface area contributed by atoms with Crippen LogP contribution in [-0.4, -0.2) is 35.7 Å². The SMILES string of the molecule is NC1(C(=O)N[C@H]2COC[C@H]2Cc2ccncc2)CCCC1. The molecule has 0 bridgehead atoms. The molecule has 2 fully saturated rings. The molecule has 3 N–H and O–H groups in total. The number of carbonyl (C=O) groups excluding carboxylic acids is 1. The molecule has 1 aromatic rings. The maximum atomic E-state index is 12.4. The molecule has 2 heterocycles. The zero-order chi connectivity index (χ0) is 14.7. The average Bonchev–Trinajstić information content (AvgIpc) is 3.11. The molecule has 0 unspecified atom stereocenters. The van der Waals surface area contributed by atoms with Gasteiger partial charge in [0.25, 0.3) is 0 Å². The second-order valence-corrected chi connectivity index (χ2v) is 6.30. The molecule has 114 valence electrons. The quantitative estimate of drug-likeness (QED) is 0.868. The molecular weight excluding hydrogens is 266 g/mol. The van der Waals surface area contributed by atoms with Crippen molar-refractivity contribution >= 4 is 5.91 Å². The van der Waals surface area contributed by atoms with Crippen LogP contribution in [0.3, 0.4) is 0 Å². The van der Waals surface area contributed by atoms with Gasteiger partial charge in [0.15, 0.2) is 0 Å². The van der Waals surface area contributed by atoms with Gasteiger partial charge in [-0.2, -0.15) is 0 Å². The fourth-order valence-corrected chi connectivity index (χ4v) is 3.33. The summed E-state index contributed by atoms with van der Waals surface area (Å²) in [6.45, 7) is 1.27. The molecule has 2 aliphatic rings. The molecule has 5 heteroatoms. The number of aromatic nitrogens is 1. The van der Waals surface area contributed by atoms with Crippen molar-refractivity contribution in [3.8, 4) is 0 Å². The summed E-state index contributed by atoms with van der Waals surface area (Å²) in [7, 11) is 0. The molecule has 3 rings (SSSR count). The Morgan fingerprint density at radius 2 is 2.05 bits per heavy atom. The summed E-state index contributed by atoms with van der Waals surface area (Å²) >= 11 is 0. The van der Waals surface area contributed by atoms with Crippen LogP contribution in [0.5, 0.6) is 0 Å². The molecule has 1 saturated heterocycles. The van der Waals surface area contributed by atoms with Crippen LogP contribution in [0.25, 0.3) is 0 Å². The normalized spacial score (nSPS) is 27.7. The first-order chi connectivity index (χ1) is 10.2. The maximum absolute atomic E-state index is 12.4. The van der Waals surface area contributed by atoms with E-state index in [1.54, 1.807) is 12.4 Å². The minimum Gasteiger partial charge on any atom is -0.379 e. The number of carbonyl (C=O) groups is 1. The number of amides is 1. The lowest BCUT2D eigenvalue weighted by atomic mass is 9.93. The number of nitrogens with zero attached hydrogens (tertiary/aromatic N) is 1. The van der Waals surface area contributed by atoms with Crippen molar-refractivity contribution < 1.29 is 9.53 Å². The highest BCUT2D eigenvalue weighted by atomic mass is 16.5. The summed E-state index contributed by atoms with van der Waals surface area (Å²) in [5.41, 5.74) is 6.78. The van der Waals surface area contributed by atoms with Crippen LogP contribution in [-0.2, 0) is 16.0 Å². The predicted octanol–water partition coefficient (Wildman–Crippen LogP) is 1.03. The summed E-state index contributed by atoms with van der Waals surface area (Å²) in [6.07, 6.45) is 8.17. The van der Waals surface area contributed by atoms with Gasteiger partial charge in [0, 0.05) is 18.3 Å². The van der Waals surface area contributed by atoms with Gasteiger partial charge < -0.3 is 15.8 Å². The van der Waals surface area contributed by atoms with Gasteiger partial charge in [0.05, 0.1) is 24.8 Å². The summed E-state index contributed by atoms with van der Waals surface area (Å²) in [5, 5.41) is 3.13. The Kier molecular flexibility index (Phi) is 4.22. The van der Waals surface area contributed by atoms with Crippen LogP contribution >= 0.6 is 0 Å². The van der Waals surface area contributed by atoms with Gasteiger partial charge in [-0.3, -0.25) is 9.78 Å². The largest absolute Gasteiger partial charge is 0.379 e. The molecule has 0 aromatic carbocycles. The predicted molar refractivity (Wildman–Crippen MR) is 79.6 cm³/mol. The number of rotatable bonds is 4. The molecule has 0 spiro atoms. The van der Waals surface area contributed by atoms with E-state index in [9.17, 15) is 4.79 Å². The van der Waals surface area contributed by atoms with E-state index in [1.165, 1.54) is 5.56 Å². The topological polar surface area (TPSA) is 77.2 Å². The van der Waals surface area contributed by atoms with Crippen molar-refractivity contribution in [1.82, 2.24) is 10.3 Å².